The van der Waals surface area contributed by atoms with Gasteiger partial charge >= 0.3 is 5.97 Å². The molecule has 4 rings (SSSR count). The number of para-hydroxylation sites is 2. The van der Waals surface area contributed by atoms with Gasteiger partial charge in [0, 0.05) is 11.8 Å². The van der Waals surface area contributed by atoms with Gasteiger partial charge in [-0.25, -0.2) is 9.48 Å². The van der Waals surface area contributed by atoms with Crippen LogP contribution in [0.2, 0.25) is 0 Å². The number of rotatable bonds is 6. The van der Waals surface area contributed by atoms with Crippen LogP contribution >= 0.6 is 0 Å². The van der Waals surface area contributed by atoms with Gasteiger partial charge in [-0.3, -0.25) is 4.79 Å². The van der Waals surface area contributed by atoms with Crippen molar-refractivity contribution < 1.29 is 18.8 Å². The first-order valence-corrected chi connectivity index (χ1v) is 9.36. The standard InChI is InChI=1S/C22H18N4O5/c1-14-12-17(27)20(24-26(14)15-8-4-3-5-9-15)22(28)30-13-19-23-21(25-31-19)16-10-6-7-11-18(16)29-2/h3-12H,13H2,1-2H3. The van der Waals surface area contributed by atoms with Crippen molar-refractivity contribution in [1.29, 1.82) is 0 Å². The van der Waals surface area contributed by atoms with Crippen molar-refractivity contribution >= 4 is 5.97 Å². The number of benzene rings is 2. The highest BCUT2D eigenvalue weighted by atomic mass is 16.6. The maximum absolute atomic E-state index is 12.5. The summed E-state index contributed by atoms with van der Waals surface area (Å²) >= 11 is 0. The molecule has 2 heterocycles. The molecule has 0 amide bonds. The van der Waals surface area contributed by atoms with Gasteiger partial charge < -0.3 is 14.0 Å². The summed E-state index contributed by atoms with van der Waals surface area (Å²) in [5, 5.41) is 8.07. The molecule has 0 aliphatic rings. The highest BCUT2D eigenvalue weighted by Crippen LogP contribution is 2.27. The second kappa shape index (κ2) is 8.62. The van der Waals surface area contributed by atoms with Crippen molar-refractivity contribution in [2.45, 2.75) is 13.5 Å². The van der Waals surface area contributed by atoms with Crippen LogP contribution in [-0.2, 0) is 11.3 Å². The summed E-state index contributed by atoms with van der Waals surface area (Å²) in [6.07, 6.45) is 0. The van der Waals surface area contributed by atoms with E-state index in [1.54, 1.807) is 26.2 Å². The SMILES string of the molecule is COc1ccccc1-c1noc(COC(=O)c2nn(-c3ccccc3)c(C)cc2=O)n1. The van der Waals surface area contributed by atoms with E-state index in [1.165, 1.54) is 10.7 Å². The molecule has 0 radical (unpaired) electrons. The first-order chi connectivity index (χ1) is 15.1. The smallest absolute Gasteiger partial charge is 0.363 e. The van der Waals surface area contributed by atoms with Gasteiger partial charge in [-0.2, -0.15) is 10.1 Å². The Morgan fingerprint density at radius 3 is 2.61 bits per heavy atom. The second-order valence-corrected chi connectivity index (χ2v) is 6.53. The Bertz CT molecular complexity index is 1280. The zero-order chi connectivity index (χ0) is 21.8. The van der Waals surface area contributed by atoms with Crippen LogP contribution in [0.1, 0.15) is 22.1 Å². The maximum Gasteiger partial charge on any atom is 0.363 e. The molecular formula is C22H18N4O5. The van der Waals surface area contributed by atoms with E-state index in [9.17, 15) is 9.59 Å². The molecule has 9 heteroatoms. The average Bonchev–Trinajstić information content (AvgIpc) is 3.27. The number of esters is 1. The molecule has 2 aromatic carbocycles. The van der Waals surface area contributed by atoms with Crippen LogP contribution < -0.4 is 10.2 Å². The van der Waals surface area contributed by atoms with Crippen LogP contribution in [0.15, 0.2) is 70.0 Å². The number of aromatic nitrogens is 4. The van der Waals surface area contributed by atoms with E-state index in [4.69, 9.17) is 14.0 Å². The predicted octanol–water partition coefficient (Wildman–Crippen LogP) is 2.96. The van der Waals surface area contributed by atoms with Gasteiger partial charge in [0.25, 0.3) is 5.89 Å². The lowest BCUT2D eigenvalue weighted by molar-refractivity contribution is 0.0419. The quantitative estimate of drug-likeness (QED) is 0.440. The molecule has 2 aromatic heterocycles. The Balaban J connectivity index is 1.52. The van der Waals surface area contributed by atoms with Crippen LogP contribution in [0, 0.1) is 6.92 Å². The summed E-state index contributed by atoms with van der Waals surface area (Å²) in [6, 6.07) is 17.7. The number of hydrogen-bond donors (Lipinski definition) is 0. The minimum absolute atomic E-state index is 0.0738. The molecule has 4 aromatic rings. The van der Waals surface area contributed by atoms with E-state index in [0.29, 0.717) is 28.5 Å². The Morgan fingerprint density at radius 2 is 1.84 bits per heavy atom. The minimum atomic E-state index is -0.883. The number of nitrogens with zero attached hydrogens (tertiary/aromatic N) is 4. The number of methoxy groups -OCH3 is 1. The molecule has 0 aliphatic heterocycles. The molecule has 0 spiro atoms. The fourth-order valence-electron chi connectivity index (χ4n) is 2.97. The van der Waals surface area contributed by atoms with Gasteiger partial charge in [0.15, 0.2) is 6.61 Å². The summed E-state index contributed by atoms with van der Waals surface area (Å²) in [5.41, 5.74) is 1.07. The highest BCUT2D eigenvalue weighted by molar-refractivity contribution is 5.86. The van der Waals surface area contributed by atoms with Crippen LogP contribution in [0.5, 0.6) is 5.75 Å². The lowest BCUT2D eigenvalue weighted by Crippen LogP contribution is -2.24. The van der Waals surface area contributed by atoms with Crippen molar-refractivity contribution in [3.8, 4) is 22.8 Å². The molecule has 156 valence electrons. The zero-order valence-corrected chi connectivity index (χ0v) is 16.8. The number of carbonyl (C=O) groups is 1. The Morgan fingerprint density at radius 1 is 1.10 bits per heavy atom. The molecule has 9 nitrogen and oxygen atoms in total. The van der Waals surface area contributed by atoms with Crippen LogP contribution in [0.3, 0.4) is 0 Å². The van der Waals surface area contributed by atoms with Crippen molar-refractivity contribution in [3.05, 3.63) is 88.2 Å². The lowest BCUT2D eigenvalue weighted by Gasteiger charge is -2.10. The number of ether oxygens (including phenoxy) is 2. The second-order valence-electron chi connectivity index (χ2n) is 6.53. The van der Waals surface area contributed by atoms with Crippen LogP contribution in [0.25, 0.3) is 17.1 Å². The summed E-state index contributed by atoms with van der Waals surface area (Å²) in [4.78, 5) is 29.0. The van der Waals surface area contributed by atoms with E-state index >= 15 is 0 Å². The highest BCUT2D eigenvalue weighted by Gasteiger charge is 2.19. The summed E-state index contributed by atoms with van der Waals surface area (Å²) in [6.45, 7) is 1.43. The normalized spacial score (nSPS) is 10.6. The third-order valence-corrected chi connectivity index (χ3v) is 4.44. The molecule has 0 saturated heterocycles. The number of carbonyl (C=O) groups excluding carboxylic acids is 1. The Hall–Kier alpha value is -4.27. The summed E-state index contributed by atoms with van der Waals surface area (Å²) in [5.74, 6) is 0.0667. The van der Waals surface area contributed by atoms with Gasteiger partial charge in [-0.1, -0.05) is 35.5 Å². The van der Waals surface area contributed by atoms with Crippen LogP contribution in [-0.4, -0.2) is 33.0 Å². The summed E-state index contributed by atoms with van der Waals surface area (Å²) < 4.78 is 17.1. The van der Waals surface area contributed by atoms with Gasteiger partial charge in [0.2, 0.25) is 16.9 Å². The predicted molar refractivity (Wildman–Crippen MR) is 110 cm³/mol. The van der Waals surface area contributed by atoms with E-state index in [2.05, 4.69) is 15.2 Å². The van der Waals surface area contributed by atoms with E-state index in [0.717, 1.165) is 0 Å². The van der Waals surface area contributed by atoms with E-state index < -0.39 is 11.4 Å². The first-order valence-electron chi connectivity index (χ1n) is 9.36. The van der Waals surface area contributed by atoms with Gasteiger partial charge in [0.05, 0.1) is 18.4 Å². The molecule has 0 saturated carbocycles. The van der Waals surface area contributed by atoms with Crippen molar-refractivity contribution in [1.82, 2.24) is 19.9 Å². The average molecular weight is 418 g/mol. The number of aryl methyl sites for hydroxylation is 1. The molecule has 0 atom stereocenters. The molecular weight excluding hydrogens is 400 g/mol. The number of hydrogen-bond acceptors (Lipinski definition) is 8. The van der Waals surface area contributed by atoms with E-state index in [1.807, 2.05) is 42.5 Å². The van der Waals surface area contributed by atoms with E-state index in [-0.39, 0.29) is 18.2 Å². The molecule has 0 bridgehead atoms. The first kappa shape index (κ1) is 20.0. The molecule has 0 aliphatic carbocycles. The van der Waals surface area contributed by atoms with Crippen molar-refractivity contribution in [2.24, 2.45) is 0 Å². The Kier molecular flexibility index (Phi) is 5.57. The zero-order valence-electron chi connectivity index (χ0n) is 16.8. The van der Waals surface area contributed by atoms with Crippen LogP contribution in [0.4, 0.5) is 0 Å². The van der Waals surface area contributed by atoms with Gasteiger partial charge in [-0.15, -0.1) is 0 Å². The maximum atomic E-state index is 12.5. The Labute approximate surface area is 176 Å². The third kappa shape index (κ3) is 4.20. The fraction of sp³-hybridized carbons (Fsp3) is 0.136. The fourth-order valence-corrected chi connectivity index (χ4v) is 2.97. The monoisotopic (exact) mass is 418 g/mol. The molecule has 31 heavy (non-hydrogen) atoms. The molecule has 0 fully saturated rings. The van der Waals surface area contributed by atoms with Crippen molar-refractivity contribution in [3.63, 3.8) is 0 Å². The largest absolute Gasteiger partial charge is 0.496 e. The third-order valence-electron chi connectivity index (χ3n) is 4.44. The van der Waals surface area contributed by atoms with Gasteiger partial charge in [-0.05, 0) is 31.2 Å². The summed E-state index contributed by atoms with van der Waals surface area (Å²) in [7, 11) is 1.54. The van der Waals surface area contributed by atoms with Gasteiger partial charge in [0.1, 0.15) is 5.75 Å². The van der Waals surface area contributed by atoms with Crippen molar-refractivity contribution in [2.75, 3.05) is 7.11 Å². The topological polar surface area (TPSA) is 109 Å². The molecule has 0 unspecified atom stereocenters. The molecule has 0 N–H and O–H groups in total. The lowest BCUT2D eigenvalue weighted by atomic mass is 10.2. The minimum Gasteiger partial charge on any atom is -0.496 e.